The first-order valence-corrected chi connectivity index (χ1v) is 7.50. The highest BCUT2D eigenvalue weighted by molar-refractivity contribution is 7.80. The van der Waals surface area contributed by atoms with Crippen molar-refractivity contribution in [3.63, 3.8) is 0 Å². The molecule has 0 aromatic heterocycles. The number of piperidine rings is 2. The number of hydrogen-bond acceptors (Lipinski definition) is 4. The Kier molecular flexibility index (Phi) is 4.85. The average Bonchev–Trinajstić information content (AvgIpc) is 2.39. The molecule has 0 bridgehead atoms. The average molecular weight is 284 g/mol. The summed E-state index contributed by atoms with van der Waals surface area (Å²) in [5.41, 5.74) is 0. The maximum atomic E-state index is 11.8. The highest BCUT2D eigenvalue weighted by Gasteiger charge is 2.34. The van der Waals surface area contributed by atoms with Crippen molar-refractivity contribution in [3.05, 3.63) is 0 Å². The topological polar surface area (TPSA) is 57.7 Å². The molecule has 0 aromatic carbocycles. The Morgan fingerprint density at radius 2 is 1.74 bits per heavy atom. The van der Waals surface area contributed by atoms with E-state index in [9.17, 15) is 14.4 Å². The summed E-state index contributed by atoms with van der Waals surface area (Å²) in [6, 6.07) is -0.0136. The second-order valence-electron chi connectivity index (χ2n) is 5.10. The van der Waals surface area contributed by atoms with Crippen LogP contribution in [0.15, 0.2) is 0 Å². The van der Waals surface area contributed by atoms with Crippen molar-refractivity contribution >= 4 is 30.4 Å². The van der Waals surface area contributed by atoms with Crippen molar-refractivity contribution in [2.45, 2.75) is 44.6 Å². The maximum Gasteiger partial charge on any atom is 0.229 e. The minimum absolute atomic E-state index is 0.0136. The van der Waals surface area contributed by atoms with Crippen LogP contribution >= 0.6 is 12.6 Å². The molecular weight excluding hydrogens is 264 g/mol. The fraction of sp³-hybridized carbons (Fsp3) is 0.769. The molecule has 3 amide bonds. The minimum atomic E-state index is -0.0450. The molecule has 0 aromatic rings. The molecule has 2 saturated heterocycles. The van der Waals surface area contributed by atoms with Gasteiger partial charge in [0, 0.05) is 38.4 Å². The Balaban J connectivity index is 1.90. The van der Waals surface area contributed by atoms with Crippen LogP contribution in [0.4, 0.5) is 0 Å². The zero-order chi connectivity index (χ0) is 13.8. The van der Waals surface area contributed by atoms with Crippen LogP contribution in [0.1, 0.15) is 38.5 Å². The second kappa shape index (κ2) is 6.41. The maximum absolute atomic E-state index is 11.8. The van der Waals surface area contributed by atoms with Crippen molar-refractivity contribution in [1.29, 1.82) is 0 Å². The van der Waals surface area contributed by atoms with E-state index in [1.54, 1.807) is 0 Å². The van der Waals surface area contributed by atoms with Gasteiger partial charge in [0.1, 0.15) is 0 Å². The van der Waals surface area contributed by atoms with E-state index in [0.29, 0.717) is 57.4 Å². The van der Waals surface area contributed by atoms with E-state index in [4.69, 9.17) is 0 Å². The van der Waals surface area contributed by atoms with E-state index in [2.05, 4.69) is 12.6 Å². The molecule has 2 fully saturated rings. The summed E-state index contributed by atoms with van der Waals surface area (Å²) in [5, 5.41) is 0. The molecule has 2 rings (SSSR count). The van der Waals surface area contributed by atoms with Gasteiger partial charge in [-0.3, -0.25) is 19.3 Å². The predicted molar refractivity (Wildman–Crippen MR) is 73.8 cm³/mol. The monoisotopic (exact) mass is 284 g/mol. The van der Waals surface area contributed by atoms with Crippen LogP contribution in [0.2, 0.25) is 0 Å². The van der Waals surface area contributed by atoms with Gasteiger partial charge in [-0.1, -0.05) is 0 Å². The van der Waals surface area contributed by atoms with Crippen LogP contribution < -0.4 is 0 Å². The third kappa shape index (κ3) is 3.29. The first-order chi connectivity index (χ1) is 9.13. The first kappa shape index (κ1) is 14.4. The SMILES string of the molecule is O=C(CCS)N1CCC(N2C(=O)CCCC2=O)CC1. The standard InChI is InChI=1S/C13H20N2O3S/c16-11(6-9-19)14-7-4-10(5-8-14)15-12(17)2-1-3-13(15)18/h10,19H,1-9H2. The third-order valence-corrected chi connectivity index (χ3v) is 4.05. The number of nitrogens with zero attached hydrogens (tertiary/aromatic N) is 2. The van der Waals surface area contributed by atoms with E-state index >= 15 is 0 Å². The number of thiol groups is 1. The summed E-state index contributed by atoms with van der Waals surface area (Å²) in [6.07, 6.45) is 3.49. The van der Waals surface area contributed by atoms with Gasteiger partial charge in [-0.2, -0.15) is 12.6 Å². The number of amides is 3. The number of carbonyl (C=O) groups is 3. The molecule has 0 radical (unpaired) electrons. The van der Waals surface area contributed by atoms with E-state index in [1.807, 2.05) is 4.90 Å². The van der Waals surface area contributed by atoms with Crippen LogP contribution in [0, 0.1) is 0 Å². The number of imide groups is 1. The smallest absolute Gasteiger partial charge is 0.229 e. The van der Waals surface area contributed by atoms with Crippen molar-refractivity contribution in [3.8, 4) is 0 Å². The fourth-order valence-corrected chi connectivity index (χ4v) is 3.00. The molecule has 106 valence electrons. The lowest BCUT2D eigenvalue weighted by atomic mass is 9.99. The van der Waals surface area contributed by atoms with Crippen molar-refractivity contribution in [1.82, 2.24) is 9.80 Å². The predicted octanol–water partition coefficient (Wildman–Crippen LogP) is 0.836. The van der Waals surface area contributed by atoms with Gasteiger partial charge in [0.2, 0.25) is 17.7 Å². The van der Waals surface area contributed by atoms with Crippen molar-refractivity contribution < 1.29 is 14.4 Å². The molecule has 0 N–H and O–H groups in total. The Morgan fingerprint density at radius 3 is 2.26 bits per heavy atom. The minimum Gasteiger partial charge on any atom is -0.343 e. The van der Waals surface area contributed by atoms with Gasteiger partial charge in [0.15, 0.2) is 0 Å². The molecule has 2 aliphatic heterocycles. The lowest BCUT2D eigenvalue weighted by molar-refractivity contribution is -0.152. The molecule has 6 heteroatoms. The summed E-state index contributed by atoms with van der Waals surface area (Å²) in [7, 11) is 0. The van der Waals surface area contributed by atoms with Gasteiger partial charge in [-0.25, -0.2) is 0 Å². The van der Waals surface area contributed by atoms with Gasteiger partial charge in [-0.15, -0.1) is 0 Å². The lowest BCUT2D eigenvalue weighted by Gasteiger charge is -2.39. The summed E-state index contributed by atoms with van der Waals surface area (Å²) in [4.78, 5) is 38.7. The van der Waals surface area contributed by atoms with Crippen LogP contribution in [0.25, 0.3) is 0 Å². The van der Waals surface area contributed by atoms with E-state index < -0.39 is 0 Å². The molecule has 0 atom stereocenters. The zero-order valence-electron chi connectivity index (χ0n) is 11.0. The number of carbonyl (C=O) groups excluding carboxylic acids is 3. The number of likely N-dealkylation sites (tertiary alicyclic amines) is 2. The molecule has 0 saturated carbocycles. The zero-order valence-corrected chi connectivity index (χ0v) is 11.9. The molecule has 0 unspecified atom stereocenters. The third-order valence-electron chi connectivity index (χ3n) is 3.83. The number of hydrogen-bond donors (Lipinski definition) is 1. The molecule has 0 spiro atoms. The summed E-state index contributed by atoms with van der Waals surface area (Å²) >= 11 is 4.06. The van der Waals surface area contributed by atoms with E-state index in [-0.39, 0.29) is 23.8 Å². The number of rotatable bonds is 3. The van der Waals surface area contributed by atoms with E-state index in [0.717, 1.165) is 0 Å². The second-order valence-corrected chi connectivity index (χ2v) is 5.54. The molecule has 5 nitrogen and oxygen atoms in total. The molecule has 0 aliphatic carbocycles. The molecular formula is C13H20N2O3S. The quantitative estimate of drug-likeness (QED) is 0.617. The van der Waals surface area contributed by atoms with Gasteiger partial charge >= 0.3 is 0 Å². The van der Waals surface area contributed by atoms with Gasteiger partial charge in [0.05, 0.1) is 0 Å². The first-order valence-electron chi connectivity index (χ1n) is 6.87. The Bertz CT molecular complexity index is 362. The van der Waals surface area contributed by atoms with Crippen LogP contribution in [-0.2, 0) is 14.4 Å². The molecule has 2 heterocycles. The van der Waals surface area contributed by atoms with Crippen molar-refractivity contribution in [2.75, 3.05) is 18.8 Å². The largest absolute Gasteiger partial charge is 0.343 e. The van der Waals surface area contributed by atoms with Crippen LogP contribution in [0.5, 0.6) is 0 Å². The summed E-state index contributed by atoms with van der Waals surface area (Å²) in [6.45, 7) is 1.27. The van der Waals surface area contributed by atoms with Crippen LogP contribution in [0.3, 0.4) is 0 Å². The molecule has 2 aliphatic rings. The van der Waals surface area contributed by atoms with Gasteiger partial charge in [0.25, 0.3) is 0 Å². The highest BCUT2D eigenvalue weighted by Crippen LogP contribution is 2.23. The lowest BCUT2D eigenvalue weighted by Crippen LogP contribution is -2.52. The van der Waals surface area contributed by atoms with Crippen LogP contribution in [-0.4, -0.2) is 52.4 Å². The Morgan fingerprint density at radius 1 is 1.16 bits per heavy atom. The summed E-state index contributed by atoms with van der Waals surface area (Å²) < 4.78 is 0. The highest BCUT2D eigenvalue weighted by atomic mass is 32.1. The Labute approximate surface area is 118 Å². The van der Waals surface area contributed by atoms with Gasteiger partial charge in [-0.05, 0) is 25.0 Å². The van der Waals surface area contributed by atoms with E-state index in [1.165, 1.54) is 4.90 Å². The Hall–Kier alpha value is -1.04. The fourth-order valence-electron chi connectivity index (χ4n) is 2.81. The summed E-state index contributed by atoms with van der Waals surface area (Å²) in [5.74, 6) is 0.583. The normalized spacial score (nSPS) is 21.9. The van der Waals surface area contributed by atoms with Gasteiger partial charge < -0.3 is 4.90 Å². The van der Waals surface area contributed by atoms with Crippen molar-refractivity contribution in [2.24, 2.45) is 0 Å². The molecule has 19 heavy (non-hydrogen) atoms.